The average Bonchev–Trinajstić information content (AvgIpc) is 3.14. The molecule has 0 aliphatic carbocycles. The topological polar surface area (TPSA) is 89.7 Å². The number of benzene rings is 1. The van der Waals surface area contributed by atoms with Crippen LogP contribution in [0.1, 0.15) is 46.8 Å². The van der Waals surface area contributed by atoms with E-state index in [2.05, 4.69) is 20.2 Å². The zero-order valence-electron chi connectivity index (χ0n) is 21.2. The molecule has 1 aromatic carbocycles. The minimum atomic E-state index is -4.38. The predicted octanol–water partition coefficient (Wildman–Crippen LogP) is 4.24. The summed E-state index contributed by atoms with van der Waals surface area (Å²) in [6.07, 6.45) is -0.214. The Bertz CT molecular complexity index is 1270. The van der Waals surface area contributed by atoms with Gasteiger partial charge in [-0.05, 0) is 49.4 Å². The molecule has 1 fully saturated rings. The molecule has 2 atom stereocenters. The lowest BCUT2D eigenvalue weighted by atomic mass is 10.0. The fourth-order valence-electron chi connectivity index (χ4n) is 4.99. The summed E-state index contributed by atoms with van der Waals surface area (Å²) in [6.45, 7) is 3.41. The number of aromatic nitrogens is 2. The first-order valence-corrected chi connectivity index (χ1v) is 12.9. The SMILES string of the molecule is Cc1nc2ccc(C(=O)N[C@H]3CC[C@H](CCN4CCc5ccc(OCC(F)(F)F)nc5CC4)OC3)cc2o1. The number of rotatable bonds is 7. The van der Waals surface area contributed by atoms with Crippen molar-refractivity contribution in [2.45, 2.75) is 57.3 Å². The van der Waals surface area contributed by atoms with Crippen molar-refractivity contribution in [3.05, 3.63) is 53.0 Å². The molecule has 1 amide bonds. The summed E-state index contributed by atoms with van der Waals surface area (Å²) in [5.74, 6) is 0.423. The van der Waals surface area contributed by atoms with Gasteiger partial charge in [-0.1, -0.05) is 6.07 Å². The molecule has 0 unspecified atom stereocenters. The van der Waals surface area contributed by atoms with E-state index < -0.39 is 12.8 Å². The molecule has 8 nitrogen and oxygen atoms in total. The number of carbonyl (C=O) groups is 1. The predicted molar refractivity (Wildman–Crippen MR) is 133 cm³/mol. The molecule has 5 rings (SSSR count). The lowest BCUT2D eigenvalue weighted by molar-refractivity contribution is -0.154. The minimum absolute atomic E-state index is 0.0143. The number of fused-ring (bicyclic) bond motifs is 2. The molecule has 0 spiro atoms. The van der Waals surface area contributed by atoms with Gasteiger partial charge in [0.25, 0.3) is 5.91 Å². The Hall–Kier alpha value is -3.18. The molecule has 2 aliphatic rings. The van der Waals surface area contributed by atoms with Gasteiger partial charge in [0.05, 0.1) is 18.8 Å². The van der Waals surface area contributed by atoms with Gasteiger partial charge < -0.3 is 24.1 Å². The fraction of sp³-hybridized carbons (Fsp3) is 0.519. The molecule has 0 radical (unpaired) electrons. The highest BCUT2D eigenvalue weighted by atomic mass is 19.4. The van der Waals surface area contributed by atoms with Gasteiger partial charge in [-0.15, -0.1) is 0 Å². The van der Waals surface area contributed by atoms with E-state index >= 15 is 0 Å². The Morgan fingerprint density at radius 2 is 2.00 bits per heavy atom. The van der Waals surface area contributed by atoms with Gasteiger partial charge in [-0.3, -0.25) is 4.79 Å². The van der Waals surface area contributed by atoms with E-state index in [9.17, 15) is 18.0 Å². The van der Waals surface area contributed by atoms with Gasteiger partial charge in [0, 0.05) is 50.3 Å². The first kappa shape index (κ1) is 26.4. The number of pyridine rings is 1. The molecule has 0 saturated carbocycles. The van der Waals surface area contributed by atoms with Crippen LogP contribution in [0.4, 0.5) is 13.2 Å². The smallest absolute Gasteiger partial charge is 0.422 e. The first-order chi connectivity index (χ1) is 18.2. The van der Waals surface area contributed by atoms with Crippen LogP contribution in [0.25, 0.3) is 11.1 Å². The summed E-state index contributed by atoms with van der Waals surface area (Å²) < 4.78 is 53.7. The largest absolute Gasteiger partial charge is 0.468 e. The molecule has 38 heavy (non-hydrogen) atoms. The van der Waals surface area contributed by atoms with Crippen LogP contribution in [0.5, 0.6) is 5.88 Å². The van der Waals surface area contributed by atoms with Crippen molar-refractivity contribution in [2.75, 3.05) is 32.8 Å². The minimum Gasteiger partial charge on any atom is -0.468 e. The second-order valence-electron chi connectivity index (χ2n) is 9.91. The Morgan fingerprint density at radius 3 is 2.79 bits per heavy atom. The molecule has 0 bridgehead atoms. The fourth-order valence-corrected chi connectivity index (χ4v) is 4.99. The molecule has 1 N–H and O–H groups in total. The molecule has 2 aliphatic heterocycles. The Kier molecular flexibility index (Phi) is 7.85. The normalized spacial score (nSPS) is 20.6. The highest BCUT2D eigenvalue weighted by Gasteiger charge is 2.29. The summed E-state index contributed by atoms with van der Waals surface area (Å²) in [6, 6.07) is 8.53. The van der Waals surface area contributed by atoms with Crippen LogP contribution in [0, 0.1) is 6.92 Å². The van der Waals surface area contributed by atoms with Gasteiger partial charge >= 0.3 is 6.18 Å². The van der Waals surface area contributed by atoms with Crippen LogP contribution in [-0.4, -0.2) is 71.9 Å². The van der Waals surface area contributed by atoms with E-state index in [1.165, 1.54) is 6.07 Å². The Labute approximate surface area is 218 Å². The molecular weight excluding hydrogens is 501 g/mol. The number of nitrogens with one attached hydrogen (secondary N) is 1. The summed E-state index contributed by atoms with van der Waals surface area (Å²) in [5, 5.41) is 3.06. The number of hydrogen-bond donors (Lipinski definition) is 1. The van der Waals surface area contributed by atoms with Crippen LogP contribution in [0.2, 0.25) is 0 Å². The molecular formula is C27H31F3N4O4. The van der Waals surface area contributed by atoms with Crippen molar-refractivity contribution in [2.24, 2.45) is 0 Å². The maximum atomic E-state index is 12.7. The third-order valence-electron chi connectivity index (χ3n) is 7.02. The second kappa shape index (κ2) is 11.3. The quantitative estimate of drug-likeness (QED) is 0.487. The average molecular weight is 533 g/mol. The van der Waals surface area contributed by atoms with Crippen molar-refractivity contribution in [3.63, 3.8) is 0 Å². The van der Waals surface area contributed by atoms with Crippen molar-refractivity contribution in [1.29, 1.82) is 0 Å². The van der Waals surface area contributed by atoms with E-state index in [0.29, 0.717) is 30.1 Å². The number of oxazole rings is 1. The van der Waals surface area contributed by atoms with E-state index in [1.54, 1.807) is 25.1 Å². The monoisotopic (exact) mass is 532 g/mol. The molecule has 11 heteroatoms. The maximum absolute atomic E-state index is 12.7. The highest BCUT2D eigenvalue weighted by Crippen LogP contribution is 2.23. The van der Waals surface area contributed by atoms with Crippen LogP contribution in [0.3, 0.4) is 0 Å². The number of aryl methyl sites for hydroxylation is 1. The lowest BCUT2D eigenvalue weighted by Crippen LogP contribution is -2.43. The number of hydrogen-bond acceptors (Lipinski definition) is 7. The van der Waals surface area contributed by atoms with E-state index in [4.69, 9.17) is 13.9 Å². The van der Waals surface area contributed by atoms with Crippen molar-refractivity contribution >= 4 is 17.0 Å². The van der Waals surface area contributed by atoms with Crippen LogP contribution < -0.4 is 10.1 Å². The van der Waals surface area contributed by atoms with Gasteiger partial charge in [0.15, 0.2) is 18.1 Å². The number of carbonyl (C=O) groups excluding carboxylic acids is 1. The van der Waals surface area contributed by atoms with Crippen molar-refractivity contribution < 1.29 is 31.9 Å². The Balaban J connectivity index is 1.04. The zero-order chi connectivity index (χ0) is 26.7. The number of alkyl halides is 3. The first-order valence-electron chi connectivity index (χ1n) is 12.9. The van der Waals surface area contributed by atoms with Gasteiger partial charge in [0.1, 0.15) is 5.52 Å². The van der Waals surface area contributed by atoms with E-state index in [-0.39, 0.29) is 23.9 Å². The summed E-state index contributed by atoms with van der Waals surface area (Å²) in [5.41, 5.74) is 3.71. The number of ether oxygens (including phenoxy) is 2. The summed E-state index contributed by atoms with van der Waals surface area (Å²) in [7, 11) is 0. The van der Waals surface area contributed by atoms with E-state index in [1.807, 2.05) is 6.07 Å². The highest BCUT2D eigenvalue weighted by molar-refractivity contribution is 5.97. The second-order valence-corrected chi connectivity index (χ2v) is 9.91. The van der Waals surface area contributed by atoms with Crippen LogP contribution in [0.15, 0.2) is 34.7 Å². The summed E-state index contributed by atoms with van der Waals surface area (Å²) >= 11 is 0. The zero-order valence-corrected chi connectivity index (χ0v) is 21.2. The van der Waals surface area contributed by atoms with Gasteiger partial charge in [-0.25, -0.2) is 9.97 Å². The van der Waals surface area contributed by atoms with E-state index in [0.717, 1.165) is 62.1 Å². The molecule has 4 heterocycles. The van der Waals surface area contributed by atoms with Crippen molar-refractivity contribution in [3.8, 4) is 5.88 Å². The number of halogens is 3. The number of nitrogens with zero attached hydrogens (tertiary/aromatic N) is 3. The van der Waals surface area contributed by atoms with Gasteiger partial charge in [-0.2, -0.15) is 13.2 Å². The van der Waals surface area contributed by atoms with Crippen molar-refractivity contribution in [1.82, 2.24) is 20.2 Å². The Morgan fingerprint density at radius 1 is 1.16 bits per heavy atom. The summed E-state index contributed by atoms with van der Waals surface area (Å²) in [4.78, 5) is 23.6. The maximum Gasteiger partial charge on any atom is 0.422 e. The molecule has 204 valence electrons. The third kappa shape index (κ3) is 6.82. The molecule has 1 saturated heterocycles. The number of amides is 1. The lowest BCUT2D eigenvalue weighted by Gasteiger charge is -2.31. The van der Waals surface area contributed by atoms with Crippen LogP contribution in [-0.2, 0) is 17.6 Å². The van der Waals surface area contributed by atoms with Gasteiger partial charge in [0.2, 0.25) is 5.88 Å². The molecule has 2 aromatic heterocycles. The van der Waals surface area contributed by atoms with Crippen LogP contribution >= 0.6 is 0 Å². The molecule has 3 aromatic rings. The standard InChI is InChI=1S/C27H31F3N4O4/c1-17-31-23-6-2-19(14-24(23)38-17)26(35)32-20-4-5-21(36-15-20)9-12-34-11-8-18-3-7-25(33-22(18)10-13-34)37-16-27(28,29)30/h2-3,6-7,14,20-21H,4-5,8-13,15-16H2,1H3,(H,32,35)/t20-,21+/m0/s1. The third-order valence-corrected chi connectivity index (χ3v) is 7.02.